The number of fused-ring (bicyclic) bond motifs is 1. The topological polar surface area (TPSA) is 0 Å². The van der Waals surface area contributed by atoms with Crippen molar-refractivity contribution in [2.45, 2.75) is 20.8 Å². The molecule has 1 unspecified atom stereocenters. The number of rotatable bonds is 0. The molecule has 2 aliphatic rings. The van der Waals surface area contributed by atoms with E-state index in [0.29, 0.717) is 11.3 Å². The third-order valence-electron chi connectivity index (χ3n) is 2.21. The van der Waals surface area contributed by atoms with Gasteiger partial charge >= 0.3 is 0 Å². The van der Waals surface area contributed by atoms with Crippen LogP contribution in [-0.4, -0.2) is 0 Å². The Kier molecular flexibility index (Phi) is 1.72. The van der Waals surface area contributed by atoms with Crippen molar-refractivity contribution in [1.29, 1.82) is 0 Å². The van der Waals surface area contributed by atoms with Crippen molar-refractivity contribution in [3.8, 4) is 0 Å². The molecule has 0 bridgehead atoms. The summed E-state index contributed by atoms with van der Waals surface area (Å²) in [7, 11) is 0. The Labute approximate surface area is 78.4 Å². The van der Waals surface area contributed by atoms with E-state index in [1.165, 1.54) is 9.81 Å². The molecule has 1 atom stereocenters. The van der Waals surface area contributed by atoms with E-state index in [1.54, 1.807) is 0 Å². The first-order valence-electron chi connectivity index (χ1n) is 4.36. The predicted molar refractivity (Wildman–Crippen MR) is 55.8 cm³/mol. The van der Waals surface area contributed by atoms with Gasteiger partial charge in [-0.15, -0.1) is 0 Å². The molecule has 0 aromatic carbocycles. The fraction of sp³-hybridized carbons (Fsp3) is 0.455. The van der Waals surface area contributed by atoms with Crippen LogP contribution in [0.2, 0.25) is 0 Å². The summed E-state index contributed by atoms with van der Waals surface area (Å²) in [5.41, 5.74) is 0.323. The molecule has 1 heterocycles. The van der Waals surface area contributed by atoms with E-state index < -0.39 is 0 Å². The molecule has 2 rings (SSSR count). The zero-order chi connectivity index (χ0) is 8.77. The Morgan fingerprint density at radius 1 is 1.33 bits per heavy atom. The molecule has 0 aromatic rings. The summed E-state index contributed by atoms with van der Waals surface area (Å²) in [5, 5.41) is 0. The standard InChI is InChI=1S/C11H14S/c1-11(2,3)10-7-8-5-4-6-9(8)12-10/h4-8H,1-3H3. The highest BCUT2D eigenvalue weighted by atomic mass is 32.2. The van der Waals surface area contributed by atoms with E-state index >= 15 is 0 Å². The van der Waals surface area contributed by atoms with Gasteiger partial charge < -0.3 is 0 Å². The highest BCUT2D eigenvalue weighted by Gasteiger charge is 2.28. The molecule has 0 N–H and O–H groups in total. The van der Waals surface area contributed by atoms with Crippen molar-refractivity contribution >= 4 is 11.8 Å². The molecule has 1 aliphatic heterocycles. The molecule has 0 aromatic heterocycles. The van der Waals surface area contributed by atoms with Gasteiger partial charge in [0.1, 0.15) is 0 Å². The van der Waals surface area contributed by atoms with Gasteiger partial charge in [-0.1, -0.05) is 56.8 Å². The summed E-state index contributed by atoms with van der Waals surface area (Å²) in [5.74, 6) is 0.601. The molecule has 1 aliphatic carbocycles. The van der Waals surface area contributed by atoms with E-state index in [4.69, 9.17) is 0 Å². The van der Waals surface area contributed by atoms with Crippen LogP contribution in [0.25, 0.3) is 0 Å². The van der Waals surface area contributed by atoms with Crippen LogP contribution in [0.3, 0.4) is 0 Å². The average Bonchev–Trinajstić information content (AvgIpc) is 2.37. The molecule has 0 spiro atoms. The third-order valence-corrected chi connectivity index (χ3v) is 3.82. The summed E-state index contributed by atoms with van der Waals surface area (Å²) < 4.78 is 0. The van der Waals surface area contributed by atoms with Gasteiger partial charge in [-0.25, -0.2) is 0 Å². The number of hydrogen-bond acceptors (Lipinski definition) is 1. The Bertz CT molecular complexity index is 287. The van der Waals surface area contributed by atoms with Gasteiger partial charge in [0.05, 0.1) is 0 Å². The maximum absolute atomic E-state index is 2.39. The van der Waals surface area contributed by atoms with Crippen molar-refractivity contribution in [2.75, 3.05) is 0 Å². The Morgan fingerprint density at radius 3 is 2.67 bits per heavy atom. The summed E-state index contributed by atoms with van der Waals surface area (Å²) in [6, 6.07) is 0. The molecular weight excluding hydrogens is 164 g/mol. The van der Waals surface area contributed by atoms with Gasteiger partial charge in [0.25, 0.3) is 0 Å². The zero-order valence-corrected chi connectivity index (χ0v) is 8.61. The Morgan fingerprint density at radius 2 is 2.08 bits per heavy atom. The second-order valence-electron chi connectivity index (χ2n) is 4.36. The molecular formula is C11H14S. The van der Waals surface area contributed by atoms with Crippen LogP contribution < -0.4 is 0 Å². The summed E-state index contributed by atoms with van der Waals surface area (Å²) in [6.45, 7) is 6.82. The lowest BCUT2D eigenvalue weighted by Crippen LogP contribution is -2.04. The lowest BCUT2D eigenvalue weighted by molar-refractivity contribution is 0.532. The molecule has 0 radical (unpaired) electrons. The van der Waals surface area contributed by atoms with Crippen LogP contribution >= 0.6 is 11.8 Å². The second kappa shape index (κ2) is 2.53. The van der Waals surface area contributed by atoms with E-state index in [-0.39, 0.29) is 0 Å². The number of allylic oxidation sites excluding steroid dienone is 6. The van der Waals surface area contributed by atoms with Crippen LogP contribution in [0, 0.1) is 11.3 Å². The molecule has 0 saturated carbocycles. The molecule has 0 saturated heterocycles. The molecule has 64 valence electrons. The Hall–Kier alpha value is -0.430. The minimum absolute atomic E-state index is 0.323. The first kappa shape index (κ1) is 8.18. The summed E-state index contributed by atoms with van der Waals surface area (Å²) >= 11 is 1.95. The number of thioether (sulfide) groups is 1. The van der Waals surface area contributed by atoms with Crippen LogP contribution in [0.1, 0.15) is 20.8 Å². The predicted octanol–water partition coefficient (Wildman–Crippen LogP) is 3.73. The normalized spacial score (nSPS) is 27.1. The van der Waals surface area contributed by atoms with E-state index in [9.17, 15) is 0 Å². The molecule has 12 heavy (non-hydrogen) atoms. The van der Waals surface area contributed by atoms with Crippen LogP contribution in [-0.2, 0) is 0 Å². The van der Waals surface area contributed by atoms with Crippen molar-refractivity contribution in [1.82, 2.24) is 0 Å². The van der Waals surface area contributed by atoms with Crippen molar-refractivity contribution in [2.24, 2.45) is 11.3 Å². The van der Waals surface area contributed by atoms with Gasteiger partial charge in [-0.3, -0.25) is 0 Å². The number of hydrogen-bond donors (Lipinski definition) is 0. The largest absolute Gasteiger partial charge is 0.0978 e. The summed E-state index contributed by atoms with van der Waals surface area (Å²) in [6.07, 6.45) is 9.04. The minimum atomic E-state index is 0.323. The van der Waals surface area contributed by atoms with Crippen molar-refractivity contribution in [3.63, 3.8) is 0 Å². The monoisotopic (exact) mass is 178 g/mol. The lowest BCUT2D eigenvalue weighted by atomic mass is 9.94. The zero-order valence-electron chi connectivity index (χ0n) is 7.79. The van der Waals surface area contributed by atoms with Crippen LogP contribution in [0.15, 0.2) is 34.1 Å². The van der Waals surface area contributed by atoms with Gasteiger partial charge in [-0.2, -0.15) is 0 Å². The van der Waals surface area contributed by atoms with Crippen LogP contribution in [0.4, 0.5) is 0 Å². The maximum Gasteiger partial charge on any atom is 0.0276 e. The average molecular weight is 178 g/mol. The van der Waals surface area contributed by atoms with Gasteiger partial charge in [-0.05, 0) is 10.3 Å². The SMILES string of the molecule is CC(C)(C)C1=CC2C=CC=C2S1. The molecule has 0 amide bonds. The van der Waals surface area contributed by atoms with Crippen molar-refractivity contribution in [3.05, 3.63) is 34.1 Å². The fourth-order valence-corrected chi connectivity index (χ4v) is 2.65. The van der Waals surface area contributed by atoms with E-state index in [0.717, 1.165) is 0 Å². The van der Waals surface area contributed by atoms with Gasteiger partial charge in [0, 0.05) is 10.8 Å². The molecule has 1 heteroatoms. The first-order valence-corrected chi connectivity index (χ1v) is 5.17. The van der Waals surface area contributed by atoms with Gasteiger partial charge in [0.15, 0.2) is 0 Å². The third kappa shape index (κ3) is 1.27. The van der Waals surface area contributed by atoms with E-state index in [1.807, 2.05) is 11.8 Å². The van der Waals surface area contributed by atoms with Gasteiger partial charge in [0.2, 0.25) is 0 Å². The van der Waals surface area contributed by atoms with E-state index in [2.05, 4.69) is 45.1 Å². The van der Waals surface area contributed by atoms with Crippen LogP contribution in [0.5, 0.6) is 0 Å². The second-order valence-corrected chi connectivity index (χ2v) is 5.48. The maximum atomic E-state index is 2.39. The highest BCUT2D eigenvalue weighted by molar-refractivity contribution is 8.07. The molecule has 0 nitrogen and oxygen atoms in total. The van der Waals surface area contributed by atoms with Crippen molar-refractivity contribution < 1.29 is 0 Å². The first-order chi connectivity index (χ1) is 5.57. The quantitative estimate of drug-likeness (QED) is 0.544. The lowest BCUT2D eigenvalue weighted by Gasteiger charge is -2.18. The summed E-state index contributed by atoms with van der Waals surface area (Å²) in [4.78, 5) is 3.02. The minimum Gasteiger partial charge on any atom is -0.0978 e. The fourth-order valence-electron chi connectivity index (χ4n) is 1.44. The smallest absolute Gasteiger partial charge is 0.0276 e. The highest BCUT2D eigenvalue weighted by Crippen LogP contribution is 2.49. The molecule has 0 fully saturated rings. The Balaban J connectivity index is 2.25.